The zero-order valence-electron chi connectivity index (χ0n) is 10.8. The molecule has 0 radical (unpaired) electrons. The molecule has 1 aromatic rings. The van der Waals surface area contributed by atoms with E-state index >= 15 is 0 Å². The number of halogens is 1. The number of aliphatic hydroxyl groups is 1. The normalized spacial score (nSPS) is 17.4. The maximum Gasteiger partial charge on any atom is 0.339 e. The van der Waals surface area contributed by atoms with Crippen LogP contribution in [-0.2, 0) is 0 Å². The van der Waals surface area contributed by atoms with Gasteiger partial charge in [0.2, 0.25) is 0 Å². The number of carboxylic acid groups (broad SMARTS) is 1. The van der Waals surface area contributed by atoms with E-state index in [2.05, 4.69) is 4.98 Å². The van der Waals surface area contributed by atoms with Crippen LogP contribution in [0.5, 0.6) is 0 Å². The van der Waals surface area contributed by atoms with Crippen LogP contribution in [0.15, 0.2) is 12.1 Å². The molecule has 0 aliphatic heterocycles. The monoisotopic (exact) mass is 284 g/mol. The Labute approximate surface area is 116 Å². The molecule has 1 fully saturated rings. The maximum atomic E-state index is 11.2. The molecule has 2 rings (SSSR count). The van der Waals surface area contributed by atoms with Crippen LogP contribution in [0.2, 0.25) is 5.15 Å². The Kier molecular flexibility index (Phi) is 3.96. The molecule has 0 atom stereocenters. The predicted octanol–water partition coefficient (Wildman–Crippen LogP) is 2.17. The molecular formula is C13H17ClN2O3. The first-order chi connectivity index (χ1) is 8.91. The quantitative estimate of drug-likeness (QED) is 0.829. The van der Waals surface area contributed by atoms with Gasteiger partial charge >= 0.3 is 5.97 Å². The number of aromatic carboxylic acids is 1. The predicted molar refractivity (Wildman–Crippen MR) is 72.9 cm³/mol. The molecule has 0 unspecified atom stereocenters. The molecule has 1 heterocycles. The van der Waals surface area contributed by atoms with Gasteiger partial charge in [0.25, 0.3) is 0 Å². The summed E-state index contributed by atoms with van der Waals surface area (Å²) >= 11 is 5.82. The van der Waals surface area contributed by atoms with Gasteiger partial charge in [-0.25, -0.2) is 9.78 Å². The highest BCUT2D eigenvalue weighted by atomic mass is 35.5. The van der Waals surface area contributed by atoms with Gasteiger partial charge in [0.1, 0.15) is 16.5 Å². The topological polar surface area (TPSA) is 73.7 Å². The molecule has 1 saturated carbocycles. The second kappa shape index (κ2) is 5.35. The van der Waals surface area contributed by atoms with Crippen molar-refractivity contribution in [3.8, 4) is 0 Å². The summed E-state index contributed by atoms with van der Waals surface area (Å²) in [5.41, 5.74) is -0.664. The van der Waals surface area contributed by atoms with Crippen LogP contribution < -0.4 is 4.90 Å². The van der Waals surface area contributed by atoms with Gasteiger partial charge in [-0.15, -0.1) is 0 Å². The first kappa shape index (κ1) is 14.1. The van der Waals surface area contributed by atoms with Crippen LogP contribution in [0.3, 0.4) is 0 Å². The smallest absolute Gasteiger partial charge is 0.339 e. The van der Waals surface area contributed by atoms with Gasteiger partial charge in [0.15, 0.2) is 0 Å². The van der Waals surface area contributed by atoms with Crippen molar-refractivity contribution in [1.29, 1.82) is 0 Å². The highest BCUT2D eigenvalue weighted by Gasteiger charge is 2.33. The number of carbonyl (C=O) groups is 1. The standard InChI is InChI=1S/C13H17ClN2O3/c1-16(8-13(19)6-2-3-7-13)11-9(12(17)18)4-5-10(14)15-11/h4-5,19H,2-3,6-8H2,1H3,(H,17,18). The Hall–Kier alpha value is -1.33. The van der Waals surface area contributed by atoms with E-state index in [0.29, 0.717) is 12.4 Å². The summed E-state index contributed by atoms with van der Waals surface area (Å²) in [6.45, 7) is 0.362. The van der Waals surface area contributed by atoms with Gasteiger partial charge in [0.05, 0.1) is 5.60 Å². The van der Waals surface area contributed by atoms with Crippen molar-refractivity contribution in [1.82, 2.24) is 4.98 Å². The first-order valence-corrected chi connectivity index (χ1v) is 6.62. The first-order valence-electron chi connectivity index (χ1n) is 6.25. The molecule has 6 heteroatoms. The Morgan fingerprint density at radius 3 is 2.68 bits per heavy atom. The average Bonchev–Trinajstić information content (AvgIpc) is 2.75. The Bertz CT molecular complexity index is 487. The zero-order valence-corrected chi connectivity index (χ0v) is 11.5. The number of likely N-dealkylation sites (N-methyl/N-ethyl adjacent to an activating group) is 1. The van der Waals surface area contributed by atoms with Crippen LogP contribution in [0.25, 0.3) is 0 Å². The van der Waals surface area contributed by atoms with Crippen molar-refractivity contribution in [2.75, 3.05) is 18.5 Å². The van der Waals surface area contributed by atoms with Crippen LogP contribution in [0.4, 0.5) is 5.82 Å². The lowest BCUT2D eigenvalue weighted by Gasteiger charge is -2.30. The summed E-state index contributed by atoms with van der Waals surface area (Å²) in [6.07, 6.45) is 3.47. The lowest BCUT2D eigenvalue weighted by Crippen LogP contribution is -2.40. The summed E-state index contributed by atoms with van der Waals surface area (Å²) in [7, 11) is 1.72. The van der Waals surface area contributed by atoms with Gasteiger partial charge in [0, 0.05) is 13.6 Å². The molecule has 1 aliphatic rings. The molecule has 104 valence electrons. The average molecular weight is 285 g/mol. The third-order valence-corrected chi connectivity index (χ3v) is 3.71. The number of hydrogen-bond donors (Lipinski definition) is 2. The van der Waals surface area contributed by atoms with Crippen molar-refractivity contribution >= 4 is 23.4 Å². The number of nitrogens with zero attached hydrogens (tertiary/aromatic N) is 2. The van der Waals surface area contributed by atoms with E-state index < -0.39 is 11.6 Å². The molecule has 19 heavy (non-hydrogen) atoms. The third kappa shape index (κ3) is 3.16. The minimum atomic E-state index is -1.05. The molecule has 0 saturated heterocycles. The van der Waals surface area contributed by atoms with Gasteiger partial charge in [-0.1, -0.05) is 24.4 Å². The number of pyridine rings is 1. The van der Waals surface area contributed by atoms with Gasteiger partial charge < -0.3 is 15.1 Å². The molecule has 0 aromatic carbocycles. The van der Waals surface area contributed by atoms with E-state index in [0.717, 1.165) is 25.7 Å². The van der Waals surface area contributed by atoms with E-state index in [1.807, 2.05) is 0 Å². The van der Waals surface area contributed by atoms with Crippen LogP contribution in [0, 0.1) is 0 Å². The van der Waals surface area contributed by atoms with Crippen molar-refractivity contribution in [3.63, 3.8) is 0 Å². The lowest BCUT2D eigenvalue weighted by molar-refractivity contribution is 0.0554. The van der Waals surface area contributed by atoms with Crippen molar-refractivity contribution in [2.24, 2.45) is 0 Å². The van der Waals surface area contributed by atoms with Crippen molar-refractivity contribution in [2.45, 2.75) is 31.3 Å². The van der Waals surface area contributed by atoms with E-state index in [1.165, 1.54) is 12.1 Å². The minimum Gasteiger partial charge on any atom is -0.478 e. The molecular weight excluding hydrogens is 268 g/mol. The fourth-order valence-corrected chi connectivity index (χ4v) is 2.73. The highest BCUT2D eigenvalue weighted by molar-refractivity contribution is 6.29. The van der Waals surface area contributed by atoms with Gasteiger partial charge in [-0.2, -0.15) is 0 Å². The van der Waals surface area contributed by atoms with E-state index in [9.17, 15) is 9.90 Å². The fraction of sp³-hybridized carbons (Fsp3) is 0.538. The Balaban J connectivity index is 2.24. The number of anilines is 1. The molecule has 2 N–H and O–H groups in total. The largest absolute Gasteiger partial charge is 0.478 e. The molecule has 0 bridgehead atoms. The summed E-state index contributed by atoms with van der Waals surface area (Å²) in [5, 5.41) is 19.8. The van der Waals surface area contributed by atoms with Crippen LogP contribution in [-0.4, -0.2) is 40.4 Å². The Morgan fingerprint density at radius 2 is 2.11 bits per heavy atom. The number of aromatic nitrogens is 1. The zero-order chi connectivity index (χ0) is 14.0. The van der Waals surface area contributed by atoms with Gasteiger partial charge in [-0.05, 0) is 25.0 Å². The van der Waals surface area contributed by atoms with Crippen LogP contribution in [0.1, 0.15) is 36.0 Å². The molecule has 1 aromatic heterocycles. The second-order valence-electron chi connectivity index (χ2n) is 5.10. The molecule has 1 aliphatic carbocycles. The summed E-state index contributed by atoms with van der Waals surface area (Å²) in [4.78, 5) is 16.9. The van der Waals surface area contributed by atoms with Gasteiger partial charge in [-0.3, -0.25) is 0 Å². The third-order valence-electron chi connectivity index (χ3n) is 3.50. The van der Waals surface area contributed by atoms with Crippen LogP contribution >= 0.6 is 11.6 Å². The van der Waals surface area contributed by atoms with Crippen molar-refractivity contribution < 1.29 is 15.0 Å². The molecule has 5 nitrogen and oxygen atoms in total. The van der Waals surface area contributed by atoms with E-state index in [4.69, 9.17) is 16.7 Å². The summed E-state index contributed by atoms with van der Waals surface area (Å²) in [5.74, 6) is -0.759. The van der Waals surface area contributed by atoms with Crippen molar-refractivity contribution in [3.05, 3.63) is 22.8 Å². The summed E-state index contributed by atoms with van der Waals surface area (Å²) in [6, 6.07) is 2.88. The molecule has 0 amide bonds. The summed E-state index contributed by atoms with van der Waals surface area (Å²) < 4.78 is 0. The lowest BCUT2D eigenvalue weighted by atomic mass is 10.0. The second-order valence-corrected chi connectivity index (χ2v) is 5.49. The minimum absolute atomic E-state index is 0.0912. The maximum absolute atomic E-state index is 11.2. The number of hydrogen-bond acceptors (Lipinski definition) is 4. The number of carboxylic acids is 1. The molecule has 0 spiro atoms. The fourth-order valence-electron chi connectivity index (χ4n) is 2.59. The SMILES string of the molecule is CN(CC1(O)CCCC1)c1nc(Cl)ccc1C(=O)O. The van der Waals surface area contributed by atoms with E-state index in [-0.39, 0.29) is 10.7 Å². The highest BCUT2D eigenvalue weighted by Crippen LogP contribution is 2.31. The Morgan fingerprint density at radius 1 is 1.47 bits per heavy atom. The van der Waals surface area contributed by atoms with E-state index in [1.54, 1.807) is 11.9 Å². The number of rotatable bonds is 4.